The van der Waals surface area contributed by atoms with Crippen molar-refractivity contribution >= 4 is 27.3 Å². The second-order valence-electron chi connectivity index (χ2n) is 5.46. The Labute approximate surface area is 140 Å². The van der Waals surface area contributed by atoms with Crippen LogP contribution in [-0.4, -0.2) is 17.5 Å². The second kappa shape index (κ2) is 7.54. The maximum absolute atomic E-state index is 6.30. The molecule has 0 radical (unpaired) electrons. The molecule has 0 bridgehead atoms. The molecule has 1 aromatic carbocycles. The summed E-state index contributed by atoms with van der Waals surface area (Å²) < 4.78 is 1.14. The highest BCUT2D eigenvalue weighted by Crippen LogP contribution is 2.32. The van der Waals surface area contributed by atoms with Crippen molar-refractivity contribution in [3.63, 3.8) is 0 Å². The van der Waals surface area contributed by atoms with Crippen molar-refractivity contribution < 1.29 is 0 Å². The van der Waals surface area contributed by atoms with Crippen LogP contribution in [0.4, 0.5) is 0 Å². The van der Waals surface area contributed by atoms with E-state index in [-0.39, 0.29) is 12.1 Å². The molecule has 0 aliphatic rings. The number of halogens is 1. The van der Waals surface area contributed by atoms with Gasteiger partial charge in [0.1, 0.15) is 0 Å². The Bertz CT molecular complexity index is 580. The smallest absolute Gasteiger partial charge is 0.0593 e. The fourth-order valence-corrected chi connectivity index (χ4v) is 4.36. The Balaban J connectivity index is 2.26. The SMILES string of the molecule is CCN(Cc1ccccc1C)C(c1cc(Br)cs1)C(C)N. The number of hydrogen-bond acceptors (Lipinski definition) is 3. The average molecular weight is 367 g/mol. The lowest BCUT2D eigenvalue weighted by Crippen LogP contribution is -2.38. The summed E-state index contributed by atoms with van der Waals surface area (Å²) in [4.78, 5) is 3.79. The molecule has 0 aliphatic carbocycles. The maximum atomic E-state index is 6.30. The van der Waals surface area contributed by atoms with E-state index in [4.69, 9.17) is 5.73 Å². The van der Waals surface area contributed by atoms with Crippen LogP contribution in [0.15, 0.2) is 40.2 Å². The van der Waals surface area contributed by atoms with E-state index in [9.17, 15) is 0 Å². The van der Waals surface area contributed by atoms with Gasteiger partial charge in [0.05, 0.1) is 6.04 Å². The second-order valence-corrected chi connectivity index (χ2v) is 7.32. The van der Waals surface area contributed by atoms with Crippen molar-refractivity contribution in [3.8, 4) is 0 Å². The Morgan fingerprint density at radius 1 is 1.33 bits per heavy atom. The van der Waals surface area contributed by atoms with E-state index in [0.29, 0.717) is 0 Å². The summed E-state index contributed by atoms with van der Waals surface area (Å²) in [5.74, 6) is 0. The van der Waals surface area contributed by atoms with Gasteiger partial charge in [-0.25, -0.2) is 0 Å². The van der Waals surface area contributed by atoms with Gasteiger partial charge >= 0.3 is 0 Å². The Morgan fingerprint density at radius 3 is 2.57 bits per heavy atom. The van der Waals surface area contributed by atoms with Crippen molar-refractivity contribution in [1.82, 2.24) is 4.90 Å². The first-order valence-electron chi connectivity index (χ1n) is 7.31. The molecule has 21 heavy (non-hydrogen) atoms. The lowest BCUT2D eigenvalue weighted by Gasteiger charge is -2.33. The third-order valence-electron chi connectivity index (χ3n) is 3.81. The van der Waals surface area contributed by atoms with E-state index in [0.717, 1.165) is 17.6 Å². The zero-order valence-corrected chi connectivity index (χ0v) is 15.2. The average Bonchev–Trinajstić information content (AvgIpc) is 2.86. The third kappa shape index (κ3) is 4.16. The molecule has 0 aliphatic heterocycles. The minimum absolute atomic E-state index is 0.0968. The van der Waals surface area contributed by atoms with Gasteiger partial charge in [0.15, 0.2) is 0 Å². The number of nitrogens with zero attached hydrogens (tertiary/aromatic N) is 1. The molecule has 1 heterocycles. The molecule has 0 saturated heterocycles. The lowest BCUT2D eigenvalue weighted by atomic mass is 10.0. The predicted octanol–water partition coefficient (Wildman–Crippen LogP) is 4.73. The van der Waals surface area contributed by atoms with Crippen LogP contribution in [0.5, 0.6) is 0 Å². The minimum atomic E-state index is 0.0968. The minimum Gasteiger partial charge on any atom is -0.326 e. The predicted molar refractivity (Wildman–Crippen MR) is 95.7 cm³/mol. The normalized spacial score (nSPS) is 14.4. The standard InChI is InChI=1S/C17H23BrN2S/c1-4-20(10-14-8-6-5-7-12(14)2)17(13(3)19)16-9-15(18)11-21-16/h5-9,11,13,17H,4,10,19H2,1-3H3. The first-order chi connectivity index (χ1) is 10.0. The molecule has 2 aromatic rings. The molecule has 0 amide bonds. The number of aryl methyl sites for hydroxylation is 1. The fourth-order valence-electron chi connectivity index (χ4n) is 2.67. The van der Waals surface area contributed by atoms with E-state index in [1.165, 1.54) is 16.0 Å². The van der Waals surface area contributed by atoms with Crippen molar-refractivity contribution in [3.05, 3.63) is 56.2 Å². The maximum Gasteiger partial charge on any atom is 0.0593 e. The van der Waals surface area contributed by atoms with Gasteiger partial charge in [-0.3, -0.25) is 4.90 Å². The van der Waals surface area contributed by atoms with Crippen molar-refractivity contribution in [2.24, 2.45) is 5.73 Å². The van der Waals surface area contributed by atoms with Crippen LogP contribution in [-0.2, 0) is 6.54 Å². The molecule has 114 valence electrons. The van der Waals surface area contributed by atoms with Crippen molar-refractivity contribution in [1.29, 1.82) is 0 Å². The number of hydrogen-bond donors (Lipinski definition) is 1. The number of rotatable bonds is 6. The Hall–Kier alpha value is -0.680. The molecular weight excluding hydrogens is 344 g/mol. The van der Waals surface area contributed by atoms with Gasteiger partial charge in [0.2, 0.25) is 0 Å². The van der Waals surface area contributed by atoms with Gasteiger partial charge in [0.25, 0.3) is 0 Å². The van der Waals surface area contributed by atoms with Crippen LogP contribution in [0.1, 0.15) is 35.9 Å². The summed E-state index contributed by atoms with van der Waals surface area (Å²) >= 11 is 5.33. The molecule has 0 spiro atoms. The number of benzene rings is 1. The monoisotopic (exact) mass is 366 g/mol. The van der Waals surface area contributed by atoms with E-state index in [1.807, 2.05) is 0 Å². The molecule has 1 aromatic heterocycles. The zero-order chi connectivity index (χ0) is 15.4. The molecule has 2 rings (SSSR count). The molecule has 2 unspecified atom stereocenters. The van der Waals surface area contributed by atoms with Crippen molar-refractivity contribution in [2.75, 3.05) is 6.54 Å². The molecule has 2 atom stereocenters. The summed E-state index contributed by atoms with van der Waals surface area (Å²) in [6, 6.07) is 11.1. The molecule has 2 N–H and O–H groups in total. The third-order valence-corrected chi connectivity index (χ3v) is 5.58. The quantitative estimate of drug-likeness (QED) is 0.800. The topological polar surface area (TPSA) is 29.3 Å². The van der Waals surface area contributed by atoms with Gasteiger partial charge in [-0.05, 0) is 53.5 Å². The van der Waals surface area contributed by atoms with E-state index in [2.05, 4.69) is 77.3 Å². The molecular formula is C17H23BrN2S. The molecule has 4 heteroatoms. The number of likely N-dealkylation sites (N-methyl/N-ethyl adjacent to an activating group) is 1. The summed E-state index contributed by atoms with van der Waals surface area (Å²) in [6.45, 7) is 8.39. The van der Waals surface area contributed by atoms with Gasteiger partial charge in [-0.15, -0.1) is 11.3 Å². The largest absolute Gasteiger partial charge is 0.326 e. The van der Waals surface area contributed by atoms with Crippen LogP contribution >= 0.6 is 27.3 Å². The Morgan fingerprint density at radius 2 is 2.05 bits per heavy atom. The van der Waals surface area contributed by atoms with E-state index in [1.54, 1.807) is 11.3 Å². The molecule has 0 saturated carbocycles. The van der Waals surface area contributed by atoms with E-state index < -0.39 is 0 Å². The van der Waals surface area contributed by atoms with Crippen LogP contribution in [0, 0.1) is 6.92 Å². The van der Waals surface area contributed by atoms with Gasteiger partial charge < -0.3 is 5.73 Å². The van der Waals surface area contributed by atoms with Crippen LogP contribution in [0.25, 0.3) is 0 Å². The zero-order valence-electron chi connectivity index (χ0n) is 12.8. The summed E-state index contributed by atoms with van der Waals surface area (Å²) in [5.41, 5.74) is 9.01. The highest BCUT2D eigenvalue weighted by molar-refractivity contribution is 9.10. The van der Waals surface area contributed by atoms with Gasteiger partial charge in [-0.1, -0.05) is 31.2 Å². The summed E-state index contributed by atoms with van der Waals surface area (Å²) in [6.07, 6.45) is 0. The first kappa shape index (κ1) is 16.7. The molecule has 0 fully saturated rings. The van der Waals surface area contributed by atoms with Crippen LogP contribution in [0.3, 0.4) is 0 Å². The summed E-state index contributed by atoms with van der Waals surface area (Å²) in [7, 11) is 0. The van der Waals surface area contributed by atoms with Gasteiger partial charge in [-0.2, -0.15) is 0 Å². The number of thiophene rings is 1. The first-order valence-corrected chi connectivity index (χ1v) is 8.98. The highest BCUT2D eigenvalue weighted by Gasteiger charge is 2.24. The van der Waals surface area contributed by atoms with Crippen molar-refractivity contribution in [2.45, 2.75) is 39.4 Å². The van der Waals surface area contributed by atoms with Crippen LogP contribution in [0.2, 0.25) is 0 Å². The number of nitrogens with two attached hydrogens (primary N) is 1. The Kier molecular flexibility index (Phi) is 5.99. The molecule has 2 nitrogen and oxygen atoms in total. The fraction of sp³-hybridized carbons (Fsp3) is 0.412. The highest BCUT2D eigenvalue weighted by atomic mass is 79.9. The van der Waals surface area contributed by atoms with Gasteiger partial charge in [0, 0.05) is 27.3 Å². The summed E-state index contributed by atoms with van der Waals surface area (Å²) in [5, 5.41) is 2.13. The lowest BCUT2D eigenvalue weighted by molar-refractivity contribution is 0.179. The van der Waals surface area contributed by atoms with Crippen LogP contribution < -0.4 is 5.73 Å². The van der Waals surface area contributed by atoms with E-state index >= 15 is 0 Å².